The monoisotopic (exact) mass is 511 g/mol. The molecule has 0 saturated carbocycles. The van der Waals surface area contributed by atoms with E-state index in [-0.39, 0.29) is 17.5 Å². The Hall–Kier alpha value is -3.33. The van der Waals surface area contributed by atoms with Gasteiger partial charge in [0.1, 0.15) is 5.65 Å². The number of hydrogen-bond acceptors (Lipinski definition) is 3. The number of carbonyl (C=O) groups excluding carboxylic acids is 1. The molecule has 9 heteroatoms. The summed E-state index contributed by atoms with van der Waals surface area (Å²) in [6.45, 7) is 7.97. The molecule has 0 unspecified atom stereocenters. The quantitative estimate of drug-likeness (QED) is 0.353. The van der Waals surface area contributed by atoms with E-state index in [1.165, 1.54) is 16.0 Å². The molecule has 0 aliphatic carbocycles. The highest BCUT2D eigenvalue weighted by Gasteiger charge is 2.35. The van der Waals surface area contributed by atoms with E-state index in [1.807, 2.05) is 6.07 Å². The van der Waals surface area contributed by atoms with E-state index in [1.54, 1.807) is 26.4 Å². The summed E-state index contributed by atoms with van der Waals surface area (Å²) in [4.78, 5) is 21.4. The molecule has 4 aromatic rings. The van der Waals surface area contributed by atoms with Crippen molar-refractivity contribution in [2.75, 3.05) is 26.7 Å². The summed E-state index contributed by atoms with van der Waals surface area (Å²) < 4.78 is 43.4. The number of carbonyl (C=O) groups is 1. The summed E-state index contributed by atoms with van der Waals surface area (Å²) in [6, 6.07) is 7.58. The van der Waals surface area contributed by atoms with E-state index in [0.717, 1.165) is 42.4 Å². The number of pyridine rings is 1. The fraction of sp³-hybridized carbons (Fsp3) is 0.429. The van der Waals surface area contributed by atoms with Gasteiger partial charge < -0.3 is 14.7 Å². The predicted octanol–water partition coefficient (Wildman–Crippen LogP) is 5.86. The third-order valence-corrected chi connectivity index (χ3v) is 7.41. The Bertz CT molecular complexity index is 1460. The summed E-state index contributed by atoms with van der Waals surface area (Å²) >= 11 is 0. The van der Waals surface area contributed by atoms with Gasteiger partial charge in [-0.05, 0) is 74.0 Å². The number of fused-ring (bicyclic) bond motifs is 2. The zero-order chi connectivity index (χ0) is 26.5. The number of nitrogens with one attached hydrogen (secondary N) is 2. The Morgan fingerprint density at radius 1 is 1.19 bits per heavy atom. The maximum Gasteiger partial charge on any atom is 0.420 e. The van der Waals surface area contributed by atoms with Crippen LogP contribution in [-0.4, -0.2) is 51.9 Å². The van der Waals surface area contributed by atoms with Crippen LogP contribution in [-0.2, 0) is 11.0 Å². The number of aromatic nitrogens is 3. The Morgan fingerprint density at radius 3 is 2.57 bits per heavy atom. The van der Waals surface area contributed by atoms with Crippen molar-refractivity contribution in [2.24, 2.45) is 0 Å². The van der Waals surface area contributed by atoms with Crippen molar-refractivity contribution >= 4 is 22.5 Å². The molecule has 1 aromatic carbocycles. The van der Waals surface area contributed by atoms with Crippen molar-refractivity contribution in [2.45, 2.75) is 51.6 Å². The summed E-state index contributed by atoms with van der Waals surface area (Å²) in [6.07, 6.45) is 0.758. The van der Waals surface area contributed by atoms with Crippen LogP contribution in [0.25, 0.3) is 27.8 Å². The van der Waals surface area contributed by atoms with Crippen molar-refractivity contribution in [3.63, 3.8) is 0 Å². The van der Waals surface area contributed by atoms with Crippen LogP contribution in [0.2, 0.25) is 0 Å². The number of amides is 1. The van der Waals surface area contributed by atoms with Gasteiger partial charge in [0.15, 0.2) is 0 Å². The lowest BCUT2D eigenvalue weighted by molar-refractivity contribution is -0.136. The van der Waals surface area contributed by atoms with Crippen molar-refractivity contribution in [3.05, 3.63) is 59.0 Å². The largest absolute Gasteiger partial charge is 0.420 e. The summed E-state index contributed by atoms with van der Waals surface area (Å²) in [5, 5.41) is 3.73. The number of piperidine rings is 1. The minimum atomic E-state index is -4.51. The van der Waals surface area contributed by atoms with Gasteiger partial charge in [-0.3, -0.25) is 9.69 Å². The van der Waals surface area contributed by atoms with Crippen molar-refractivity contribution in [3.8, 4) is 11.3 Å². The number of aromatic amines is 1. The molecular formula is C28H32F3N5O. The minimum absolute atomic E-state index is 0.0269. The van der Waals surface area contributed by atoms with Crippen LogP contribution in [0, 0.1) is 6.92 Å². The van der Waals surface area contributed by atoms with Gasteiger partial charge in [-0.25, -0.2) is 4.98 Å². The van der Waals surface area contributed by atoms with Crippen LogP contribution in [0.3, 0.4) is 0 Å². The molecule has 1 amide bonds. The zero-order valence-corrected chi connectivity index (χ0v) is 21.5. The van der Waals surface area contributed by atoms with E-state index >= 15 is 0 Å². The number of hydrogen-bond donors (Lipinski definition) is 2. The van der Waals surface area contributed by atoms with E-state index in [2.05, 4.69) is 46.2 Å². The fourth-order valence-corrected chi connectivity index (χ4v) is 5.58. The number of alkyl halides is 3. The van der Waals surface area contributed by atoms with Crippen LogP contribution in [0.15, 0.2) is 36.7 Å². The van der Waals surface area contributed by atoms with Gasteiger partial charge in [0, 0.05) is 35.9 Å². The lowest BCUT2D eigenvalue weighted by Crippen LogP contribution is -2.40. The summed E-state index contributed by atoms with van der Waals surface area (Å²) in [5.74, 6) is 0.507. The van der Waals surface area contributed by atoms with E-state index in [4.69, 9.17) is 0 Å². The summed E-state index contributed by atoms with van der Waals surface area (Å²) in [7, 11) is 1.65. The first-order valence-electron chi connectivity index (χ1n) is 12.7. The second kappa shape index (κ2) is 9.52. The highest BCUT2D eigenvalue weighted by atomic mass is 19.4. The number of imidazole rings is 1. The lowest BCUT2D eigenvalue weighted by Gasteiger charge is -2.31. The maximum absolute atomic E-state index is 14.0. The molecule has 3 aromatic heterocycles. The van der Waals surface area contributed by atoms with Gasteiger partial charge in [0.05, 0.1) is 23.5 Å². The molecule has 2 N–H and O–H groups in total. The van der Waals surface area contributed by atoms with Gasteiger partial charge in [0.25, 0.3) is 0 Å². The van der Waals surface area contributed by atoms with Crippen LogP contribution in [0.4, 0.5) is 13.2 Å². The Morgan fingerprint density at radius 2 is 1.92 bits per heavy atom. The van der Waals surface area contributed by atoms with E-state index in [9.17, 15) is 18.0 Å². The molecule has 4 heterocycles. The van der Waals surface area contributed by atoms with Crippen molar-refractivity contribution in [1.29, 1.82) is 0 Å². The first-order chi connectivity index (χ1) is 17.5. The second-order valence-electron chi connectivity index (χ2n) is 10.4. The Labute approximate surface area is 213 Å². The van der Waals surface area contributed by atoms with Crippen LogP contribution in [0.1, 0.15) is 60.9 Å². The second-order valence-corrected chi connectivity index (χ2v) is 10.4. The van der Waals surface area contributed by atoms with Gasteiger partial charge in [-0.1, -0.05) is 19.9 Å². The third-order valence-electron chi connectivity index (χ3n) is 7.41. The molecule has 5 rings (SSSR count). The van der Waals surface area contributed by atoms with Crippen LogP contribution < -0.4 is 5.32 Å². The number of nitrogens with zero attached hydrogens (tertiary/aromatic N) is 3. The number of halogens is 3. The molecule has 196 valence electrons. The standard InChI is InChI=1S/C28H32F3N5O/c1-16(2)25-21-11-19(18-7-9-35(10-8-18)15-24(37)32-4)5-6-23(21)34-26(25)20-12-22(28(29,30)31)27-33-17(3)13-36(27)14-20/h5-6,11-14,16,18,34H,7-10,15H2,1-4H3,(H,32,37). The van der Waals surface area contributed by atoms with Gasteiger partial charge in [-0.2, -0.15) is 13.2 Å². The number of aryl methyl sites for hydroxylation is 1. The number of rotatable bonds is 5. The van der Waals surface area contributed by atoms with E-state index in [0.29, 0.717) is 29.4 Å². The predicted molar refractivity (Wildman–Crippen MR) is 139 cm³/mol. The maximum atomic E-state index is 14.0. The average Bonchev–Trinajstić information content (AvgIpc) is 3.42. The molecule has 1 aliphatic rings. The van der Waals surface area contributed by atoms with Crippen LogP contribution >= 0.6 is 0 Å². The number of likely N-dealkylation sites (N-methyl/N-ethyl adjacent to an activating group) is 1. The normalized spacial score (nSPS) is 15.8. The molecule has 0 atom stereocenters. The Kier molecular flexibility index (Phi) is 6.52. The molecule has 0 spiro atoms. The molecule has 1 aliphatic heterocycles. The lowest BCUT2D eigenvalue weighted by atomic mass is 9.87. The summed E-state index contributed by atoms with van der Waals surface area (Å²) in [5.41, 5.74) is 4.07. The minimum Gasteiger partial charge on any atom is -0.358 e. The van der Waals surface area contributed by atoms with Crippen molar-refractivity contribution in [1.82, 2.24) is 24.6 Å². The highest BCUT2D eigenvalue weighted by molar-refractivity contribution is 5.92. The topological polar surface area (TPSA) is 65.4 Å². The first kappa shape index (κ1) is 25.3. The fourth-order valence-electron chi connectivity index (χ4n) is 5.58. The van der Waals surface area contributed by atoms with Gasteiger partial charge in [0.2, 0.25) is 5.91 Å². The average molecular weight is 512 g/mol. The molecule has 1 fully saturated rings. The molecule has 0 radical (unpaired) electrons. The Balaban J connectivity index is 1.54. The molecule has 6 nitrogen and oxygen atoms in total. The molecule has 0 bridgehead atoms. The molecule has 1 saturated heterocycles. The number of likely N-dealkylation sites (tertiary alicyclic amines) is 1. The van der Waals surface area contributed by atoms with E-state index < -0.39 is 11.7 Å². The third kappa shape index (κ3) is 4.84. The van der Waals surface area contributed by atoms with Crippen molar-refractivity contribution < 1.29 is 18.0 Å². The van der Waals surface area contributed by atoms with Gasteiger partial charge >= 0.3 is 6.18 Å². The molecular weight excluding hydrogens is 479 g/mol. The van der Waals surface area contributed by atoms with Gasteiger partial charge in [-0.15, -0.1) is 0 Å². The smallest absolute Gasteiger partial charge is 0.358 e. The highest BCUT2D eigenvalue weighted by Crippen LogP contribution is 2.41. The molecule has 37 heavy (non-hydrogen) atoms. The number of benzene rings is 1. The first-order valence-corrected chi connectivity index (χ1v) is 12.7. The van der Waals surface area contributed by atoms with Crippen LogP contribution in [0.5, 0.6) is 0 Å². The SMILES string of the molecule is CNC(=O)CN1CCC(c2ccc3[nH]c(-c4cc(C(F)(F)F)c5nc(C)cn5c4)c(C(C)C)c3c2)CC1. The number of H-pyrrole nitrogens is 1. The zero-order valence-electron chi connectivity index (χ0n) is 21.5.